The molecule has 10 heteroatoms. The lowest BCUT2D eigenvalue weighted by Gasteiger charge is -2.33. The van der Waals surface area contributed by atoms with E-state index >= 15 is 0 Å². The fourth-order valence-corrected chi connectivity index (χ4v) is 7.38. The number of nitrogens with zero attached hydrogens (tertiary/aromatic N) is 2. The highest BCUT2D eigenvalue weighted by molar-refractivity contribution is 7.89. The van der Waals surface area contributed by atoms with Gasteiger partial charge in [0.05, 0.1) is 6.26 Å². The van der Waals surface area contributed by atoms with Gasteiger partial charge in [-0.05, 0) is 37.3 Å². The zero-order valence-corrected chi connectivity index (χ0v) is 20.2. The molecule has 0 N–H and O–H groups in total. The Morgan fingerprint density at radius 3 is 2.36 bits per heavy atom. The van der Waals surface area contributed by atoms with Gasteiger partial charge < -0.3 is 4.74 Å². The Labute approximate surface area is 195 Å². The van der Waals surface area contributed by atoms with Crippen molar-refractivity contribution in [3.8, 4) is 5.75 Å². The second kappa shape index (κ2) is 9.69. The van der Waals surface area contributed by atoms with E-state index in [1.807, 2.05) is 30.3 Å². The maximum absolute atomic E-state index is 14.9. The standard InChI is InChI=1S/C23H29FN2O5S2/c1-32(27,28)25-14-11-20(12-15-25)31-21-10-9-19(22(24)16-21)17-26-13-5-8-23(33(26,29)30)18-6-3-2-4-7-18/h2-4,6-7,9-10,16,20,23H,5,8,11-15,17H2,1H3/t23-/m1/s1. The highest BCUT2D eigenvalue weighted by Gasteiger charge is 2.37. The van der Waals surface area contributed by atoms with E-state index < -0.39 is 31.1 Å². The summed E-state index contributed by atoms with van der Waals surface area (Å²) < 4.78 is 73.1. The van der Waals surface area contributed by atoms with Crippen LogP contribution in [-0.2, 0) is 26.6 Å². The summed E-state index contributed by atoms with van der Waals surface area (Å²) in [5.41, 5.74) is 1.06. The number of halogens is 1. The molecule has 2 fully saturated rings. The first-order chi connectivity index (χ1) is 15.6. The highest BCUT2D eigenvalue weighted by Crippen LogP contribution is 2.35. The predicted molar refractivity (Wildman–Crippen MR) is 124 cm³/mol. The molecule has 2 heterocycles. The van der Waals surface area contributed by atoms with Crippen molar-refractivity contribution in [1.82, 2.24) is 8.61 Å². The van der Waals surface area contributed by atoms with E-state index in [1.54, 1.807) is 12.1 Å². The van der Waals surface area contributed by atoms with Gasteiger partial charge in [-0.1, -0.05) is 36.4 Å². The Morgan fingerprint density at radius 2 is 1.73 bits per heavy atom. The van der Waals surface area contributed by atoms with Gasteiger partial charge in [-0.25, -0.2) is 25.5 Å². The first-order valence-electron chi connectivity index (χ1n) is 11.1. The van der Waals surface area contributed by atoms with Crippen molar-refractivity contribution in [2.24, 2.45) is 0 Å². The van der Waals surface area contributed by atoms with Crippen LogP contribution in [0, 0.1) is 5.82 Å². The molecule has 2 aromatic carbocycles. The summed E-state index contributed by atoms with van der Waals surface area (Å²) >= 11 is 0. The second-order valence-corrected chi connectivity index (χ2v) is 12.8. The van der Waals surface area contributed by atoms with Crippen LogP contribution >= 0.6 is 0 Å². The van der Waals surface area contributed by atoms with Crippen LogP contribution in [0.3, 0.4) is 0 Å². The molecule has 2 aliphatic rings. The third kappa shape index (κ3) is 5.56. The molecule has 0 amide bonds. The predicted octanol–water partition coefficient (Wildman–Crippen LogP) is 3.30. The van der Waals surface area contributed by atoms with E-state index in [-0.39, 0.29) is 12.6 Å². The van der Waals surface area contributed by atoms with Crippen LogP contribution in [0.1, 0.15) is 42.1 Å². The van der Waals surface area contributed by atoms with Crippen LogP contribution < -0.4 is 4.74 Å². The van der Waals surface area contributed by atoms with Gasteiger partial charge in [0.2, 0.25) is 20.0 Å². The Balaban J connectivity index is 1.41. The minimum absolute atomic E-state index is 0.0233. The van der Waals surface area contributed by atoms with E-state index in [9.17, 15) is 21.2 Å². The van der Waals surface area contributed by atoms with Gasteiger partial charge in [0, 0.05) is 37.8 Å². The third-order valence-electron chi connectivity index (χ3n) is 6.31. The average Bonchev–Trinajstić information content (AvgIpc) is 2.77. The number of sulfonamides is 2. The van der Waals surface area contributed by atoms with Crippen LogP contribution in [0.2, 0.25) is 0 Å². The van der Waals surface area contributed by atoms with Crippen molar-refractivity contribution in [2.75, 3.05) is 25.9 Å². The third-order valence-corrected chi connectivity index (χ3v) is 9.87. The summed E-state index contributed by atoms with van der Waals surface area (Å²) in [7, 11) is -6.82. The van der Waals surface area contributed by atoms with Gasteiger partial charge >= 0.3 is 0 Å². The molecule has 2 aliphatic heterocycles. The molecule has 0 bridgehead atoms. The van der Waals surface area contributed by atoms with E-state index in [0.29, 0.717) is 56.6 Å². The molecule has 0 aromatic heterocycles. The summed E-state index contributed by atoms with van der Waals surface area (Å²) in [6, 6.07) is 13.6. The van der Waals surface area contributed by atoms with E-state index in [1.165, 1.54) is 20.9 Å². The van der Waals surface area contributed by atoms with Crippen LogP contribution in [0.4, 0.5) is 4.39 Å². The number of hydrogen-bond acceptors (Lipinski definition) is 5. The van der Waals surface area contributed by atoms with E-state index in [2.05, 4.69) is 0 Å². The molecule has 7 nitrogen and oxygen atoms in total. The number of piperidine rings is 1. The fraction of sp³-hybridized carbons (Fsp3) is 0.478. The largest absolute Gasteiger partial charge is 0.490 e. The molecule has 0 unspecified atom stereocenters. The summed E-state index contributed by atoms with van der Waals surface area (Å²) in [6.45, 7) is 1.09. The van der Waals surface area contributed by atoms with Crippen LogP contribution in [0.25, 0.3) is 0 Å². The van der Waals surface area contributed by atoms with Crippen LogP contribution in [0.5, 0.6) is 5.75 Å². The first-order valence-corrected chi connectivity index (χ1v) is 14.4. The maximum atomic E-state index is 14.9. The zero-order chi connectivity index (χ0) is 23.6. The van der Waals surface area contributed by atoms with Crippen molar-refractivity contribution < 1.29 is 26.0 Å². The topological polar surface area (TPSA) is 84.0 Å². The lowest BCUT2D eigenvalue weighted by molar-refractivity contribution is 0.135. The molecule has 2 saturated heterocycles. The number of ether oxygens (including phenoxy) is 1. The van der Waals surface area contributed by atoms with E-state index in [4.69, 9.17) is 4.74 Å². The maximum Gasteiger partial charge on any atom is 0.221 e. The lowest BCUT2D eigenvalue weighted by Crippen LogP contribution is -2.41. The van der Waals surface area contributed by atoms with Gasteiger partial charge in [0.1, 0.15) is 22.9 Å². The Morgan fingerprint density at radius 1 is 1.03 bits per heavy atom. The van der Waals surface area contributed by atoms with E-state index in [0.717, 1.165) is 5.56 Å². The summed E-state index contributed by atoms with van der Waals surface area (Å²) in [5.74, 6) is -0.157. The van der Waals surface area contributed by atoms with Gasteiger partial charge in [-0.3, -0.25) is 0 Å². The number of hydrogen-bond donors (Lipinski definition) is 0. The molecule has 0 spiro atoms. The highest BCUT2D eigenvalue weighted by atomic mass is 32.2. The van der Waals surface area contributed by atoms with Crippen molar-refractivity contribution in [2.45, 2.75) is 43.6 Å². The van der Waals surface area contributed by atoms with Crippen molar-refractivity contribution in [3.63, 3.8) is 0 Å². The summed E-state index contributed by atoms with van der Waals surface area (Å²) in [5, 5.41) is -0.615. The quantitative estimate of drug-likeness (QED) is 0.613. The lowest BCUT2D eigenvalue weighted by atomic mass is 10.1. The van der Waals surface area contributed by atoms with Crippen LogP contribution in [-0.4, -0.2) is 57.4 Å². The smallest absolute Gasteiger partial charge is 0.221 e. The Kier molecular flexibility index (Phi) is 7.09. The zero-order valence-electron chi connectivity index (χ0n) is 18.6. The van der Waals surface area contributed by atoms with Gasteiger partial charge in [-0.15, -0.1) is 0 Å². The SMILES string of the molecule is CS(=O)(=O)N1CCC(Oc2ccc(CN3CCC[C@H](c4ccccc4)S3(=O)=O)c(F)c2)CC1. The number of rotatable bonds is 6. The minimum Gasteiger partial charge on any atom is -0.490 e. The monoisotopic (exact) mass is 496 g/mol. The summed E-state index contributed by atoms with van der Waals surface area (Å²) in [6.07, 6.45) is 3.33. The average molecular weight is 497 g/mol. The molecule has 4 rings (SSSR count). The summed E-state index contributed by atoms with van der Waals surface area (Å²) in [4.78, 5) is 0. The molecule has 0 aliphatic carbocycles. The molecule has 33 heavy (non-hydrogen) atoms. The fourth-order valence-electron chi connectivity index (χ4n) is 4.48. The Hall–Kier alpha value is -2.01. The van der Waals surface area contributed by atoms with Crippen molar-refractivity contribution in [3.05, 3.63) is 65.5 Å². The molecular formula is C23H29FN2O5S2. The molecule has 180 valence electrons. The molecule has 2 aromatic rings. The molecule has 0 saturated carbocycles. The minimum atomic E-state index is -3.60. The first kappa shape index (κ1) is 24.1. The molecular weight excluding hydrogens is 467 g/mol. The Bertz CT molecular complexity index is 1180. The van der Waals surface area contributed by atoms with Gasteiger partial charge in [0.25, 0.3) is 0 Å². The normalized spacial score (nSPS) is 22.8. The van der Waals surface area contributed by atoms with Gasteiger partial charge in [0.15, 0.2) is 0 Å². The van der Waals surface area contributed by atoms with Crippen molar-refractivity contribution in [1.29, 1.82) is 0 Å². The van der Waals surface area contributed by atoms with Gasteiger partial charge in [-0.2, -0.15) is 4.31 Å². The number of benzene rings is 2. The van der Waals surface area contributed by atoms with Crippen molar-refractivity contribution >= 4 is 20.0 Å². The second-order valence-electron chi connectivity index (χ2n) is 8.65. The molecule has 0 radical (unpaired) electrons. The van der Waals surface area contributed by atoms with Crippen LogP contribution in [0.15, 0.2) is 48.5 Å². The molecule has 1 atom stereocenters.